The Morgan fingerprint density at radius 2 is 2.31 bits per heavy atom. The molecule has 0 saturated carbocycles. The van der Waals surface area contributed by atoms with Gasteiger partial charge in [0.15, 0.2) is 0 Å². The Balaban J connectivity index is 2.66. The largest absolute Gasteiger partial charge is 0.392 e. The average molecular weight is 192 g/mol. The molecule has 1 atom stereocenters. The third-order valence-electron chi connectivity index (χ3n) is 1.48. The van der Waals surface area contributed by atoms with Crippen molar-refractivity contribution in [1.29, 1.82) is 0 Å². The van der Waals surface area contributed by atoms with Gasteiger partial charge in [-0.3, -0.25) is 0 Å². The van der Waals surface area contributed by atoms with Crippen molar-refractivity contribution in [2.24, 2.45) is 0 Å². The lowest BCUT2D eigenvalue weighted by molar-refractivity contribution is 0.201. The second-order valence-corrected chi connectivity index (χ2v) is 3.42. The van der Waals surface area contributed by atoms with E-state index >= 15 is 0 Å². The summed E-state index contributed by atoms with van der Waals surface area (Å²) in [6.07, 6.45) is 0.156. The van der Waals surface area contributed by atoms with Gasteiger partial charge in [-0.05, 0) is 25.1 Å². The van der Waals surface area contributed by atoms with Crippen LogP contribution in [-0.4, -0.2) is 11.2 Å². The molecule has 0 saturated heterocycles. The van der Waals surface area contributed by atoms with Crippen LogP contribution in [0.25, 0.3) is 0 Å². The van der Waals surface area contributed by atoms with Gasteiger partial charge in [0.2, 0.25) is 0 Å². The van der Waals surface area contributed by atoms with E-state index in [4.69, 9.17) is 5.11 Å². The highest BCUT2D eigenvalue weighted by Crippen LogP contribution is 2.07. The van der Waals surface area contributed by atoms with Crippen LogP contribution in [0.4, 0.5) is 0 Å². The predicted molar refractivity (Wildman–Crippen MR) is 56.9 cm³/mol. The molecule has 0 heterocycles. The minimum Gasteiger partial charge on any atom is -0.392 e. The number of rotatable bonds is 1. The fourth-order valence-corrected chi connectivity index (χ4v) is 1.11. The average Bonchev–Trinajstić information content (AvgIpc) is 2.03. The smallest absolute Gasteiger partial charge is 0.0621 e. The Morgan fingerprint density at radius 1 is 1.54 bits per heavy atom. The molecular weight excluding hydrogens is 180 g/mol. The van der Waals surface area contributed by atoms with E-state index in [1.807, 2.05) is 24.3 Å². The molecule has 1 N–H and O–H groups in total. The summed E-state index contributed by atoms with van der Waals surface area (Å²) in [6.45, 7) is 1.73. The molecule has 0 amide bonds. The van der Waals surface area contributed by atoms with Gasteiger partial charge in [-0.2, -0.15) is 0 Å². The molecule has 1 unspecified atom stereocenters. The van der Waals surface area contributed by atoms with E-state index in [1.165, 1.54) is 0 Å². The summed E-state index contributed by atoms with van der Waals surface area (Å²) < 4.78 is 0. The van der Waals surface area contributed by atoms with Crippen molar-refractivity contribution >= 4 is 12.6 Å². The van der Waals surface area contributed by atoms with Gasteiger partial charge in [-0.25, -0.2) is 0 Å². The standard InChI is InChI=1S/C11H12OS/c1-9(12)4-2-5-10-6-3-7-11(13)8-10/h3,6-9,12-13H,4H2,1H3. The molecule has 13 heavy (non-hydrogen) atoms. The van der Waals surface area contributed by atoms with E-state index in [2.05, 4.69) is 24.5 Å². The second-order valence-electron chi connectivity index (χ2n) is 2.91. The van der Waals surface area contributed by atoms with Crippen molar-refractivity contribution in [3.05, 3.63) is 29.8 Å². The van der Waals surface area contributed by atoms with Crippen molar-refractivity contribution in [1.82, 2.24) is 0 Å². The summed E-state index contributed by atoms with van der Waals surface area (Å²) in [4.78, 5) is 0.906. The number of hydrogen-bond acceptors (Lipinski definition) is 2. The van der Waals surface area contributed by atoms with Gasteiger partial charge < -0.3 is 5.11 Å². The molecule has 0 spiro atoms. The number of thiol groups is 1. The zero-order chi connectivity index (χ0) is 9.68. The molecule has 68 valence electrons. The molecular formula is C11H12OS. The van der Waals surface area contributed by atoms with Crippen LogP contribution in [0.15, 0.2) is 29.2 Å². The van der Waals surface area contributed by atoms with E-state index < -0.39 is 0 Å². The third kappa shape index (κ3) is 4.02. The zero-order valence-electron chi connectivity index (χ0n) is 7.49. The molecule has 0 radical (unpaired) electrons. The predicted octanol–water partition coefficient (Wildman–Crippen LogP) is 2.10. The van der Waals surface area contributed by atoms with Gasteiger partial charge in [-0.15, -0.1) is 12.6 Å². The minimum atomic E-state index is -0.355. The van der Waals surface area contributed by atoms with Crippen LogP contribution in [0.2, 0.25) is 0 Å². The molecule has 1 nitrogen and oxygen atoms in total. The maximum atomic E-state index is 8.97. The number of aliphatic hydroxyl groups excluding tert-OH is 1. The monoisotopic (exact) mass is 192 g/mol. The zero-order valence-corrected chi connectivity index (χ0v) is 8.38. The highest BCUT2D eigenvalue weighted by molar-refractivity contribution is 7.80. The van der Waals surface area contributed by atoms with Gasteiger partial charge in [-0.1, -0.05) is 17.9 Å². The van der Waals surface area contributed by atoms with Gasteiger partial charge in [0.05, 0.1) is 6.10 Å². The topological polar surface area (TPSA) is 20.2 Å². The van der Waals surface area contributed by atoms with Crippen molar-refractivity contribution in [2.45, 2.75) is 24.3 Å². The molecule has 0 aromatic heterocycles. The van der Waals surface area contributed by atoms with E-state index in [9.17, 15) is 0 Å². The van der Waals surface area contributed by atoms with Crippen LogP contribution < -0.4 is 0 Å². The van der Waals surface area contributed by atoms with Crippen LogP contribution in [0.1, 0.15) is 18.9 Å². The lowest BCUT2D eigenvalue weighted by Gasteiger charge is -1.94. The highest BCUT2D eigenvalue weighted by Gasteiger charge is 1.89. The summed E-state index contributed by atoms with van der Waals surface area (Å²) in [5.74, 6) is 5.85. The van der Waals surface area contributed by atoms with Gasteiger partial charge >= 0.3 is 0 Å². The first-order valence-electron chi connectivity index (χ1n) is 4.14. The molecule has 1 aromatic rings. The summed E-state index contributed by atoms with van der Waals surface area (Å²) in [6, 6.07) is 7.64. The van der Waals surface area contributed by atoms with Crippen LogP contribution >= 0.6 is 12.6 Å². The van der Waals surface area contributed by atoms with Crippen LogP contribution in [-0.2, 0) is 0 Å². The first kappa shape index (κ1) is 10.2. The van der Waals surface area contributed by atoms with Crippen LogP contribution in [0, 0.1) is 11.8 Å². The quantitative estimate of drug-likeness (QED) is 0.516. The summed E-state index contributed by atoms with van der Waals surface area (Å²) in [7, 11) is 0. The van der Waals surface area contributed by atoms with Gasteiger partial charge in [0, 0.05) is 16.9 Å². The number of aliphatic hydroxyl groups is 1. The van der Waals surface area contributed by atoms with E-state index in [0.717, 1.165) is 10.5 Å². The SMILES string of the molecule is CC(O)CC#Cc1cccc(S)c1. The normalized spacial score (nSPS) is 11.6. The fourth-order valence-electron chi connectivity index (χ4n) is 0.884. The van der Waals surface area contributed by atoms with Crippen molar-refractivity contribution in [2.75, 3.05) is 0 Å². The van der Waals surface area contributed by atoms with Crippen LogP contribution in [0.3, 0.4) is 0 Å². The van der Waals surface area contributed by atoms with E-state index in [-0.39, 0.29) is 6.10 Å². The maximum Gasteiger partial charge on any atom is 0.0621 e. The molecule has 0 aliphatic heterocycles. The Morgan fingerprint density at radius 3 is 2.92 bits per heavy atom. The highest BCUT2D eigenvalue weighted by atomic mass is 32.1. The van der Waals surface area contributed by atoms with Gasteiger partial charge in [0.1, 0.15) is 0 Å². The van der Waals surface area contributed by atoms with Crippen molar-refractivity contribution in [3.63, 3.8) is 0 Å². The molecule has 1 rings (SSSR count). The Kier molecular flexibility index (Phi) is 3.88. The van der Waals surface area contributed by atoms with Gasteiger partial charge in [0.25, 0.3) is 0 Å². The van der Waals surface area contributed by atoms with Crippen molar-refractivity contribution in [3.8, 4) is 11.8 Å². The summed E-state index contributed by atoms with van der Waals surface area (Å²) in [5.41, 5.74) is 0.938. The molecule has 0 fully saturated rings. The molecule has 0 bridgehead atoms. The number of hydrogen-bond donors (Lipinski definition) is 2. The maximum absolute atomic E-state index is 8.97. The third-order valence-corrected chi connectivity index (χ3v) is 1.75. The second kappa shape index (κ2) is 4.96. The fraction of sp³-hybridized carbons (Fsp3) is 0.273. The Labute approximate surface area is 84.2 Å². The molecule has 0 aliphatic rings. The summed E-state index contributed by atoms with van der Waals surface area (Å²) in [5, 5.41) is 8.97. The first-order valence-corrected chi connectivity index (χ1v) is 4.59. The summed E-state index contributed by atoms with van der Waals surface area (Å²) >= 11 is 4.20. The molecule has 1 aromatic carbocycles. The van der Waals surface area contributed by atoms with Crippen molar-refractivity contribution < 1.29 is 5.11 Å². The van der Waals surface area contributed by atoms with E-state index in [1.54, 1.807) is 6.92 Å². The minimum absolute atomic E-state index is 0.355. The number of benzene rings is 1. The Bertz CT molecular complexity index is 333. The molecule has 0 aliphatic carbocycles. The van der Waals surface area contributed by atoms with E-state index in [0.29, 0.717) is 6.42 Å². The Hall–Kier alpha value is -0.910. The molecule has 2 heteroatoms. The van der Waals surface area contributed by atoms with Crippen LogP contribution in [0.5, 0.6) is 0 Å². The first-order chi connectivity index (χ1) is 6.18. The lowest BCUT2D eigenvalue weighted by Crippen LogP contribution is -1.95. The lowest BCUT2D eigenvalue weighted by atomic mass is 10.2.